The summed E-state index contributed by atoms with van der Waals surface area (Å²) in [5.74, 6) is -0.197. The summed E-state index contributed by atoms with van der Waals surface area (Å²) in [5, 5.41) is 0. The Bertz CT molecular complexity index is 258. The van der Waals surface area contributed by atoms with Crippen molar-refractivity contribution in [2.24, 2.45) is 5.41 Å². The Labute approximate surface area is 97.8 Å². The molecule has 0 aromatic heterocycles. The average Bonchev–Trinajstić information content (AvgIpc) is 2.28. The minimum Gasteiger partial charge on any atom is -0.469 e. The first kappa shape index (κ1) is 13.2. The highest BCUT2D eigenvalue weighted by Gasteiger charge is 2.41. The number of rotatable bonds is 4. The fourth-order valence-corrected chi connectivity index (χ4v) is 2.18. The molecule has 1 aliphatic rings. The SMILES string of the molecule is C=CC[C@H]1CCC[C@@H](C(C)(C)C(=O)OC)O1. The number of hydrogen-bond donors (Lipinski definition) is 0. The summed E-state index contributed by atoms with van der Waals surface area (Å²) in [6, 6.07) is 0. The number of ether oxygens (including phenoxy) is 2. The molecule has 0 saturated carbocycles. The van der Waals surface area contributed by atoms with Crippen molar-refractivity contribution < 1.29 is 14.3 Å². The molecule has 1 saturated heterocycles. The van der Waals surface area contributed by atoms with Crippen LogP contribution in [0.3, 0.4) is 0 Å². The van der Waals surface area contributed by atoms with Gasteiger partial charge in [-0.25, -0.2) is 0 Å². The van der Waals surface area contributed by atoms with E-state index in [-0.39, 0.29) is 18.2 Å². The highest BCUT2D eigenvalue weighted by molar-refractivity contribution is 5.76. The van der Waals surface area contributed by atoms with Gasteiger partial charge in [0.15, 0.2) is 0 Å². The van der Waals surface area contributed by atoms with E-state index in [2.05, 4.69) is 6.58 Å². The molecule has 0 bridgehead atoms. The van der Waals surface area contributed by atoms with Gasteiger partial charge in [0.25, 0.3) is 0 Å². The number of carbonyl (C=O) groups is 1. The van der Waals surface area contributed by atoms with E-state index in [9.17, 15) is 4.79 Å². The lowest BCUT2D eigenvalue weighted by atomic mass is 9.81. The topological polar surface area (TPSA) is 35.5 Å². The third-order valence-electron chi connectivity index (χ3n) is 3.30. The van der Waals surface area contributed by atoms with E-state index in [0.717, 1.165) is 25.7 Å². The molecule has 1 fully saturated rings. The molecule has 1 aliphatic heterocycles. The van der Waals surface area contributed by atoms with E-state index in [1.165, 1.54) is 7.11 Å². The Morgan fingerprint density at radius 1 is 1.56 bits per heavy atom. The van der Waals surface area contributed by atoms with Crippen LogP contribution in [0.25, 0.3) is 0 Å². The van der Waals surface area contributed by atoms with Gasteiger partial charge in [0, 0.05) is 0 Å². The largest absolute Gasteiger partial charge is 0.469 e. The van der Waals surface area contributed by atoms with E-state index in [0.29, 0.717) is 0 Å². The summed E-state index contributed by atoms with van der Waals surface area (Å²) >= 11 is 0. The Morgan fingerprint density at radius 3 is 2.81 bits per heavy atom. The fourth-order valence-electron chi connectivity index (χ4n) is 2.18. The summed E-state index contributed by atoms with van der Waals surface area (Å²) in [7, 11) is 1.42. The van der Waals surface area contributed by atoms with Crippen LogP contribution in [0.15, 0.2) is 12.7 Å². The number of methoxy groups -OCH3 is 1. The predicted molar refractivity (Wildman–Crippen MR) is 63.1 cm³/mol. The van der Waals surface area contributed by atoms with E-state index in [1.54, 1.807) is 0 Å². The molecular weight excluding hydrogens is 204 g/mol. The number of esters is 1. The van der Waals surface area contributed by atoms with Crippen molar-refractivity contribution in [2.45, 2.75) is 51.7 Å². The first-order valence-corrected chi connectivity index (χ1v) is 5.87. The van der Waals surface area contributed by atoms with E-state index in [1.807, 2.05) is 19.9 Å². The normalized spacial score (nSPS) is 26.2. The van der Waals surface area contributed by atoms with Crippen molar-refractivity contribution in [1.82, 2.24) is 0 Å². The molecule has 3 heteroatoms. The number of hydrogen-bond acceptors (Lipinski definition) is 3. The molecule has 2 atom stereocenters. The highest BCUT2D eigenvalue weighted by atomic mass is 16.5. The quantitative estimate of drug-likeness (QED) is 0.546. The Hall–Kier alpha value is -0.830. The smallest absolute Gasteiger partial charge is 0.313 e. The lowest BCUT2D eigenvalue weighted by molar-refractivity contribution is -0.168. The molecule has 1 heterocycles. The maximum Gasteiger partial charge on any atom is 0.313 e. The highest BCUT2D eigenvalue weighted by Crippen LogP contribution is 2.34. The van der Waals surface area contributed by atoms with Crippen LogP contribution in [0, 0.1) is 5.41 Å². The zero-order valence-corrected chi connectivity index (χ0v) is 10.5. The lowest BCUT2D eigenvalue weighted by Gasteiger charge is -2.38. The monoisotopic (exact) mass is 226 g/mol. The van der Waals surface area contributed by atoms with Crippen molar-refractivity contribution >= 4 is 5.97 Å². The molecule has 0 aliphatic carbocycles. The molecular formula is C13H22O3. The Kier molecular flexibility index (Phi) is 4.54. The first-order valence-electron chi connectivity index (χ1n) is 5.87. The minimum absolute atomic E-state index is 0.0429. The predicted octanol–water partition coefficient (Wildman–Crippen LogP) is 2.70. The van der Waals surface area contributed by atoms with Crippen molar-refractivity contribution in [3.8, 4) is 0 Å². The summed E-state index contributed by atoms with van der Waals surface area (Å²) in [6.07, 6.45) is 5.98. The van der Waals surface area contributed by atoms with Gasteiger partial charge in [-0.1, -0.05) is 6.08 Å². The second-order valence-corrected chi connectivity index (χ2v) is 4.92. The van der Waals surface area contributed by atoms with Crippen LogP contribution in [0.1, 0.15) is 39.5 Å². The van der Waals surface area contributed by atoms with Crippen molar-refractivity contribution in [1.29, 1.82) is 0 Å². The average molecular weight is 226 g/mol. The van der Waals surface area contributed by atoms with Crippen molar-refractivity contribution in [2.75, 3.05) is 7.11 Å². The van der Waals surface area contributed by atoms with Gasteiger partial charge in [0.1, 0.15) is 0 Å². The van der Waals surface area contributed by atoms with Crippen LogP contribution in [-0.2, 0) is 14.3 Å². The second-order valence-electron chi connectivity index (χ2n) is 4.92. The van der Waals surface area contributed by atoms with Gasteiger partial charge in [0.2, 0.25) is 0 Å². The van der Waals surface area contributed by atoms with Crippen LogP contribution < -0.4 is 0 Å². The zero-order valence-electron chi connectivity index (χ0n) is 10.5. The Morgan fingerprint density at radius 2 is 2.25 bits per heavy atom. The summed E-state index contributed by atoms with van der Waals surface area (Å²) < 4.78 is 10.8. The minimum atomic E-state index is -0.561. The van der Waals surface area contributed by atoms with Gasteiger partial charge >= 0.3 is 5.97 Å². The van der Waals surface area contributed by atoms with Crippen LogP contribution in [-0.4, -0.2) is 25.3 Å². The molecule has 0 aromatic rings. The third kappa shape index (κ3) is 2.85. The molecule has 0 radical (unpaired) electrons. The van der Waals surface area contributed by atoms with Gasteiger partial charge in [-0.05, 0) is 39.5 Å². The van der Waals surface area contributed by atoms with E-state index >= 15 is 0 Å². The molecule has 16 heavy (non-hydrogen) atoms. The molecule has 0 N–H and O–H groups in total. The summed E-state index contributed by atoms with van der Waals surface area (Å²) in [4.78, 5) is 11.7. The summed E-state index contributed by atoms with van der Waals surface area (Å²) in [5.41, 5.74) is -0.561. The Balaban J connectivity index is 2.65. The standard InChI is InChI=1S/C13H22O3/c1-5-7-10-8-6-9-11(16-10)13(2,3)12(14)15-4/h5,10-11H,1,6-9H2,2-4H3/t10-,11-/m0/s1. The molecule has 0 amide bonds. The van der Waals surface area contributed by atoms with Crippen molar-refractivity contribution in [3.05, 3.63) is 12.7 Å². The second kappa shape index (κ2) is 5.48. The van der Waals surface area contributed by atoms with Gasteiger partial charge in [-0.15, -0.1) is 6.58 Å². The first-order chi connectivity index (χ1) is 7.52. The van der Waals surface area contributed by atoms with Crippen LogP contribution in [0.5, 0.6) is 0 Å². The van der Waals surface area contributed by atoms with Gasteiger partial charge in [-0.2, -0.15) is 0 Å². The molecule has 3 nitrogen and oxygen atoms in total. The van der Waals surface area contributed by atoms with E-state index < -0.39 is 5.41 Å². The van der Waals surface area contributed by atoms with Crippen molar-refractivity contribution in [3.63, 3.8) is 0 Å². The van der Waals surface area contributed by atoms with Crippen LogP contribution in [0.4, 0.5) is 0 Å². The lowest BCUT2D eigenvalue weighted by Crippen LogP contribution is -2.43. The van der Waals surface area contributed by atoms with Gasteiger partial charge in [-0.3, -0.25) is 4.79 Å². The molecule has 0 spiro atoms. The zero-order chi connectivity index (χ0) is 12.2. The number of carbonyl (C=O) groups excluding carboxylic acids is 1. The summed E-state index contributed by atoms with van der Waals surface area (Å²) in [6.45, 7) is 7.50. The van der Waals surface area contributed by atoms with E-state index in [4.69, 9.17) is 9.47 Å². The maximum absolute atomic E-state index is 11.7. The molecule has 1 rings (SSSR count). The molecule has 92 valence electrons. The molecule has 0 aromatic carbocycles. The maximum atomic E-state index is 11.7. The molecule has 0 unspecified atom stereocenters. The fraction of sp³-hybridized carbons (Fsp3) is 0.769. The van der Waals surface area contributed by atoms with Crippen LogP contribution in [0.2, 0.25) is 0 Å². The van der Waals surface area contributed by atoms with Crippen LogP contribution >= 0.6 is 0 Å². The third-order valence-corrected chi connectivity index (χ3v) is 3.30. The van der Waals surface area contributed by atoms with Gasteiger partial charge in [0.05, 0.1) is 24.7 Å². The van der Waals surface area contributed by atoms with Gasteiger partial charge < -0.3 is 9.47 Å².